The Kier molecular flexibility index (Phi) is 7.22. The lowest BCUT2D eigenvalue weighted by Gasteiger charge is -2.19. The molecule has 2 atom stereocenters. The van der Waals surface area contributed by atoms with Gasteiger partial charge >= 0.3 is 0 Å². The van der Waals surface area contributed by atoms with E-state index in [4.69, 9.17) is 11.6 Å². The van der Waals surface area contributed by atoms with Crippen LogP contribution in [0.5, 0.6) is 0 Å². The first-order chi connectivity index (χ1) is 14.2. The van der Waals surface area contributed by atoms with Crippen molar-refractivity contribution < 1.29 is 13.2 Å². The van der Waals surface area contributed by atoms with E-state index in [0.717, 1.165) is 17.5 Å². The number of nitrogens with one attached hydrogen (secondary N) is 1. The summed E-state index contributed by atoms with van der Waals surface area (Å²) in [5.41, 5.74) is 2.11. The van der Waals surface area contributed by atoms with Gasteiger partial charge in [0.2, 0.25) is 15.9 Å². The van der Waals surface area contributed by atoms with Crippen molar-refractivity contribution in [1.82, 2.24) is 9.62 Å². The molecule has 30 heavy (non-hydrogen) atoms. The van der Waals surface area contributed by atoms with Gasteiger partial charge in [-0.2, -0.15) is 4.31 Å². The number of benzene rings is 2. The van der Waals surface area contributed by atoms with E-state index in [-0.39, 0.29) is 29.8 Å². The minimum Gasteiger partial charge on any atom is -0.356 e. The first kappa shape index (κ1) is 22.8. The molecule has 1 amide bonds. The summed E-state index contributed by atoms with van der Waals surface area (Å²) in [4.78, 5) is 13.2. The van der Waals surface area contributed by atoms with Gasteiger partial charge in [-0.25, -0.2) is 8.42 Å². The maximum atomic E-state index is 13.2. The molecule has 0 aromatic heterocycles. The number of nitrogens with zero attached hydrogens (tertiary/aromatic N) is 1. The van der Waals surface area contributed by atoms with E-state index >= 15 is 0 Å². The van der Waals surface area contributed by atoms with Crippen LogP contribution in [0.15, 0.2) is 53.4 Å². The van der Waals surface area contributed by atoms with E-state index in [9.17, 15) is 13.2 Å². The van der Waals surface area contributed by atoms with Gasteiger partial charge in [0.05, 0.1) is 10.8 Å². The Labute approximate surface area is 184 Å². The van der Waals surface area contributed by atoms with Crippen LogP contribution in [0.4, 0.5) is 0 Å². The molecular weight excluding hydrogens is 420 g/mol. The Balaban J connectivity index is 1.86. The summed E-state index contributed by atoms with van der Waals surface area (Å²) in [6, 6.07) is 14.1. The molecule has 0 bridgehead atoms. The minimum atomic E-state index is -3.71. The van der Waals surface area contributed by atoms with Crippen LogP contribution in [-0.4, -0.2) is 38.3 Å². The summed E-state index contributed by atoms with van der Waals surface area (Å²) in [7, 11) is -3.71. The van der Waals surface area contributed by atoms with Crippen molar-refractivity contribution in [1.29, 1.82) is 0 Å². The molecule has 0 radical (unpaired) electrons. The van der Waals surface area contributed by atoms with E-state index in [0.29, 0.717) is 17.5 Å². The lowest BCUT2D eigenvalue weighted by atomic mass is 9.88. The molecule has 1 N–H and O–H groups in total. The summed E-state index contributed by atoms with van der Waals surface area (Å²) in [5, 5.41) is 3.49. The van der Waals surface area contributed by atoms with Crippen LogP contribution >= 0.6 is 11.6 Å². The van der Waals surface area contributed by atoms with Crippen molar-refractivity contribution in [2.24, 2.45) is 11.8 Å². The van der Waals surface area contributed by atoms with E-state index in [1.54, 1.807) is 12.1 Å². The highest BCUT2D eigenvalue weighted by atomic mass is 35.5. The van der Waals surface area contributed by atoms with Crippen molar-refractivity contribution in [3.8, 4) is 0 Å². The van der Waals surface area contributed by atoms with Gasteiger partial charge in [-0.3, -0.25) is 4.79 Å². The van der Waals surface area contributed by atoms with E-state index < -0.39 is 15.9 Å². The highest BCUT2D eigenvalue weighted by molar-refractivity contribution is 7.89. The molecule has 7 heteroatoms. The van der Waals surface area contributed by atoms with Crippen LogP contribution in [0, 0.1) is 18.8 Å². The third-order valence-electron chi connectivity index (χ3n) is 5.60. The summed E-state index contributed by atoms with van der Waals surface area (Å²) < 4.78 is 27.8. The van der Waals surface area contributed by atoms with Crippen molar-refractivity contribution in [2.75, 3.05) is 19.6 Å². The van der Waals surface area contributed by atoms with Gasteiger partial charge in [0.25, 0.3) is 0 Å². The maximum Gasteiger partial charge on any atom is 0.243 e. The van der Waals surface area contributed by atoms with Crippen molar-refractivity contribution in [3.63, 3.8) is 0 Å². The number of carbonyl (C=O) groups is 1. The largest absolute Gasteiger partial charge is 0.356 e. The van der Waals surface area contributed by atoms with Gasteiger partial charge in [0, 0.05) is 30.6 Å². The van der Waals surface area contributed by atoms with Gasteiger partial charge in [-0.1, -0.05) is 55.3 Å². The minimum absolute atomic E-state index is 0.0879. The summed E-state index contributed by atoms with van der Waals surface area (Å²) in [6.07, 6.45) is 0.889. The van der Waals surface area contributed by atoms with E-state index in [1.807, 2.05) is 31.2 Å². The van der Waals surface area contributed by atoms with Gasteiger partial charge in [-0.15, -0.1) is 0 Å². The third kappa shape index (κ3) is 5.23. The first-order valence-electron chi connectivity index (χ1n) is 10.3. The van der Waals surface area contributed by atoms with Gasteiger partial charge in [-0.05, 0) is 49.1 Å². The molecule has 1 aliphatic rings. The molecule has 162 valence electrons. The van der Waals surface area contributed by atoms with Crippen molar-refractivity contribution >= 4 is 27.5 Å². The Morgan fingerprint density at radius 2 is 1.73 bits per heavy atom. The molecule has 1 fully saturated rings. The standard InChI is InChI=1S/C23H29ClN2O3S/c1-16(2)12-13-25-23(27)22-15-26(14-21(22)18-6-4-17(3)5-7-18)30(28,29)20-10-8-19(24)9-11-20/h4-11,16,21-22H,12-15H2,1-3H3,(H,25,27)/t21-,22+/m0/s1. The second-order valence-electron chi connectivity index (χ2n) is 8.37. The van der Waals surface area contributed by atoms with Gasteiger partial charge in [0.15, 0.2) is 0 Å². The molecule has 0 spiro atoms. The van der Waals surface area contributed by atoms with Crippen molar-refractivity contribution in [3.05, 3.63) is 64.7 Å². The Hall–Kier alpha value is -1.89. The number of rotatable bonds is 7. The number of carbonyl (C=O) groups excluding carboxylic acids is 1. The molecule has 0 saturated carbocycles. The van der Waals surface area contributed by atoms with E-state index in [1.165, 1.54) is 16.4 Å². The Morgan fingerprint density at radius 3 is 2.33 bits per heavy atom. The number of aryl methyl sites for hydroxylation is 1. The second-order valence-corrected chi connectivity index (χ2v) is 10.7. The fourth-order valence-corrected chi connectivity index (χ4v) is 5.37. The number of hydrogen-bond acceptors (Lipinski definition) is 3. The molecule has 1 saturated heterocycles. The average molecular weight is 449 g/mol. The second kappa shape index (κ2) is 9.50. The molecule has 1 heterocycles. The van der Waals surface area contributed by atoms with Crippen LogP contribution in [0.3, 0.4) is 0 Å². The summed E-state index contributed by atoms with van der Waals surface area (Å²) in [5.74, 6) is -0.216. The van der Waals surface area contributed by atoms with Crippen molar-refractivity contribution in [2.45, 2.75) is 38.0 Å². The molecule has 1 aliphatic heterocycles. The highest BCUT2D eigenvalue weighted by Gasteiger charge is 2.43. The normalized spacial score (nSPS) is 19.9. The third-order valence-corrected chi connectivity index (χ3v) is 7.70. The van der Waals surface area contributed by atoms with Crippen LogP contribution in [0.1, 0.15) is 37.3 Å². The smallest absolute Gasteiger partial charge is 0.243 e. The first-order valence-corrected chi connectivity index (χ1v) is 12.1. The fraction of sp³-hybridized carbons (Fsp3) is 0.435. The predicted molar refractivity (Wildman–Crippen MR) is 120 cm³/mol. The average Bonchev–Trinajstić information content (AvgIpc) is 3.15. The number of halogens is 1. The monoisotopic (exact) mass is 448 g/mol. The van der Waals surface area contributed by atoms with Crippen LogP contribution in [-0.2, 0) is 14.8 Å². The SMILES string of the molecule is Cc1ccc([C@@H]2CN(S(=O)(=O)c3ccc(Cl)cc3)C[C@H]2C(=O)NCCC(C)C)cc1. The van der Waals surface area contributed by atoms with Crippen LogP contribution in [0.2, 0.25) is 5.02 Å². The zero-order chi connectivity index (χ0) is 21.9. The molecular formula is C23H29ClN2O3S. The van der Waals surface area contributed by atoms with E-state index in [2.05, 4.69) is 19.2 Å². The number of sulfonamides is 1. The summed E-state index contributed by atoms with van der Waals surface area (Å²) >= 11 is 5.91. The lowest BCUT2D eigenvalue weighted by Crippen LogP contribution is -2.36. The fourth-order valence-electron chi connectivity index (χ4n) is 3.75. The molecule has 0 aliphatic carbocycles. The topological polar surface area (TPSA) is 66.5 Å². The van der Waals surface area contributed by atoms with Gasteiger partial charge in [0.1, 0.15) is 0 Å². The quantitative estimate of drug-likeness (QED) is 0.689. The Morgan fingerprint density at radius 1 is 1.10 bits per heavy atom. The highest BCUT2D eigenvalue weighted by Crippen LogP contribution is 2.36. The van der Waals surface area contributed by atoms with Crippen LogP contribution < -0.4 is 5.32 Å². The molecule has 5 nitrogen and oxygen atoms in total. The zero-order valence-corrected chi connectivity index (χ0v) is 19.2. The summed E-state index contributed by atoms with van der Waals surface area (Å²) in [6.45, 7) is 7.26. The maximum absolute atomic E-state index is 13.2. The Bertz CT molecular complexity index is 973. The molecule has 2 aromatic rings. The zero-order valence-electron chi connectivity index (χ0n) is 17.6. The molecule has 0 unspecified atom stereocenters. The van der Waals surface area contributed by atoms with Gasteiger partial charge < -0.3 is 5.32 Å². The van der Waals surface area contributed by atoms with Crippen LogP contribution in [0.25, 0.3) is 0 Å². The lowest BCUT2D eigenvalue weighted by molar-refractivity contribution is -0.124. The molecule has 2 aromatic carbocycles. The molecule has 3 rings (SSSR count). The number of hydrogen-bond donors (Lipinski definition) is 1. The predicted octanol–water partition coefficient (Wildman–Crippen LogP) is 4.22. The number of amides is 1.